The molecule has 0 bridgehead atoms. The van der Waals surface area contributed by atoms with Crippen molar-refractivity contribution in [2.45, 2.75) is 70.5 Å². The van der Waals surface area contributed by atoms with Crippen molar-refractivity contribution < 1.29 is 14.3 Å². The number of benzene rings is 1. The first kappa shape index (κ1) is 17.8. The topological polar surface area (TPSA) is 47.6 Å². The first-order chi connectivity index (χ1) is 11.1. The summed E-state index contributed by atoms with van der Waals surface area (Å²) in [6, 6.07) is 7.56. The molecule has 0 heterocycles. The van der Waals surface area contributed by atoms with Gasteiger partial charge in [-0.3, -0.25) is 4.79 Å². The summed E-state index contributed by atoms with van der Waals surface area (Å²) in [5, 5.41) is 3.01. The smallest absolute Gasteiger partial charge is 0.256 e. The fraction of sp³-hybridized carbons (Fsp3) is 0.632. The number of methoxy groups -OCH3 is 1. The maximum Gasteiger partial charge on any atom is 0.256 e. The highest BCUT2D eigenvalue weighted by atomic mass is 16.5. The van der Waals surface area contributed by atoms with Gasteiger partial charge < -0.3 is 14.8 Å². The minimum Gasteiger partial charge on any atom is -0.491 e. The van der Waals surface area contributed by atoms with Gasteiger partial charge in [-0.2, -0.15) is 0 Å². The maximum absolute atomic E-state index is 12.7. The van der Waals surface area contributed by atoms with Crippen LogP contribution in [0.25, 0.3) is 0 Å². The van der Waals surface area contributed by atoms with Crippen molar-refractivity contribution in [1.29, 1.82) is 0 Å². The van der Waals surface area contributed by atoms with Crippen LogP contribution in [0.2, 0.25) is 0 Å². The van der Waals surface area contributed by atoms with Crippen LogP contribution < -0.4 is 10.1 Å². The largest absolute Gasteiger partial charge is 0.491 e. The molecule has 1 atom stereocenters. The number of anilines is 1. The van der Waals surface area contributed by atoms with E-state index in [0.717, 1.165) is 43.5 Å². The lowest BCUT2D eigenvalue weighted by molar-refractivity contribution is -0.139. The summed E-state index contributed by atoms with van der Waals surface area (Å²) >= 11 is 0. The van der Waals surface area contributed by atoms with E-state index in [1.54, 1.807) is 7.11 Å². The molecular formula is C19H29NO3. The SMILES string of the molecule is CCC(C)Oc1ccc(NC(=O)C2(OC)CCCCCC2)cc1. The molecule has 0 aliphatic heterocycles. The molecule has 4 heteroatoms. The first-order valence-electron chi connectivity index (χ1n) is 8.73. The molecule has 0 aromatic heterocycles. The van der Waals surface area contributed by atoms with Gasteiger partial charge in [0, 0.05) is 12.8 Å². The second-order valence-electron chi connectivity index (χ2n) is 6.43. The Bertz CT molecular complexity index is 490. The molecule has 1 N–H and O–H groups in total. The molecule has 2 rings (SSSR count). The van der Waals surface area contributed by atoms with Crippen LogP contribution >= 0.6 is 0 Å². The van der Waals surface area contributed by atoms with Crippen LogP contribution in [0, 0.1) is 0 Å². The minimum absolute atomic E-state index is 0.0301. The van der Waals surface area contributed by atoms with Gasteiger partial charge in [0.1, 0.15) is 11.4 Å². The Kier molecular flexibility index (Phi) is 6.46. The molecule has 1 saturated carbocycles. The average Bonchev–Trinajstić information content (AvgIpc) is 2.83. The standard InChI is InChI=1S/C19H29NO3/c1-4-15(2)23-17-11-9-16(10-12-17)20-18(21)19(22-3)13-7-5-6-8-14-19/h9-12,15H,4-8,13-14H2,1-3H3,(H,20,21). The van der Waals surface area contributed by atoms with Crippen LogP contribution in [-0.4, -0.2) is 24.7 Å². The monoisotopic (exact) mass is 319 g/mol. The molecule has 23 heavy (non-hydrogen) atoms. The van der Waals surface area contributed by atoms with E-state index in [-0.39, 0.29) is 12.0 Å². The van der Waals surface area contributed by atoms with E-state index in [1.807, 2.05) is 31.2 Å². The Morgan fingerprint density at radius 2 is 1.78 bits per heavy atom. The lowest BCUT2D eigenvalue weighted by atomic mass is 9.93. The van der Waals surface area contributed by atoms with E-state index in [9.17, 15) is 4.79 Å². The number of nitrogens with one attached hydrogen (secondary N) is 1. The van der Waals surface area contributed by atoms with Crippen molar-refractivity contribution in [2.24, 2.45) is 0 Å². The van der Waals surface area contributed by atoms with Crippen molar-refractivity contribution >= 4 is 11.6 Å². The second kappa shape index (κ2) is 8.34. The molecule has 1 amide bonds. The van der Waals surface area contributed by atoms with Gasteiger partial charge in [-0.15, -0.1) is 0 Å². The Labute approximate surface area is 139 Å². The van der Waals surface area contributed by atoms with Crippen LogP contribution in [-0.2, 0) is 9.53 Å². The van der Waals surface area contributed by atoms with Gasteiger partial charge in [0.25, 0.3) is 5.91 Å². The van der Waals surface area contributed by atoms with E-state index in [4.69, 9.17) is 9.47 Å². The Balaban J connectivity index is 2.01. The summed E-state index contributed by atoms with van der Waals surface area (Å²) < 4.78 is 11.4. The van der Waals surface area contributed by atoms with Gasteiger partial charge >= 0.3 is 0 Å². The van der Waals surface area contributed by atoms with Gasteiger partial charge in [-0.1, -0.05) is 32.6 Å². The molecule has 4 nitrogen and oxygen atoms in total. The molecule has 0 saturated heterocycles. The highest BCUT2D eigenvalue weighted by Gasteiger charge is 2.38. The van der Waals surface area contributed by atoms with E-state index >= 15 is 0 Å². The zero-order valence-corrected chi connectivity index (χ0v) is 14.6. The summed E-state index contributed by atoms with van der Waals surface area (Å²) in [5.74, 6) is 0.797. The van der Waals surface area contributed by atoms with E-state index < -0.39 is 5.60 Å². The Hall–Kier alpha value is -1.55. The van der Waals surface area contributed by atoms with Crippen molar-refractivity contribution in [3.63, 3.8) is 0 Å². The van der Waals surface area contributed by atoms with Gasteiger partial charge in [0.05, 0.1) is 6.10 Å². The van der Waals surface area contributed by atoms with Crippen molar-refractivity contribution in [3.05, 3.63) is 24.3 Å². The number of hydrogen-bond acceptors (Lipinski definition) is 3. The van der Waals surface area contributed by atoms with E-state index in [2.05, 4.69) is 12.2 Å². The molecule has 1 aliphatic carbocycles. The van der Waals surface area contributed by atoms with Gasteiger partial charge in [0.15, 0.2) is 0 Å². The molecule has 1 aromatic rings. The predicted octanol–water partition coefficient (Wildman–Crippen LogP) is 4.54. The average molecular weight is 319 g/mol. The summed E-state index contributed by atoms with van der Waals surface area (Å²) in [6.07, 6.45) is 7.20. The molecule has 0 radical (unpaired) electrons. The number of carbonyl (C=O) groups excluding carboxylic acids is 1. The Morgan fingerprint density at radius 3 is 2.30 bits per heavy atom. The van der Waals surface area contributed by atoms with E-state index in [1.165, 1.54) is 12.8 Å². The summed E-state index contributed by atoms with van der Waals surface area (Å²) in [6.45, 7) is 4.14. The van der Waals surface area contributed by atoms with E-state index in [0.29, 0.717) is 0 Å². The Morgan fingerprint density at radius 1 is 1.17 bits per heavy atom. The number of amides is 1. The van der Waals surface area contributed by atoms with Crippen LogP contribution in [0.3, 0.4) is 0 Å². The third kappa shape index (κ3) is 4.71. The fourth-order valence-electron chi connectivity index (χ4n) is 3.00. The highest BCUT2D eigenvalue weighted by Crippen LogP contribution is 2.31. The van der Waals surface area contributed by atoms with Crippen molar-refractivity contribution in [2.75, 3.05) is 12.4 Å². The zero-order valence-electron chi connectivity index (χ0n) is 14.6. The number of hydrogen-bond donors (Lipinski definition) is 1. The lowest BCUT2D eigenvalue weighted by Crippen LogP contribution is -2.44. The van der Waals surface area contributed by atoms with Gasteiger partial charge in [0.2, 0.25) is 0 Å². The molecule has 1 aliphatic rings. The normalized spacial score (nSPS) is 18.7. The third-order valence-electron chi connectivity index (χ3n) is 4.74. The highest BCUT2D eigenvalue weighted by molar-refractivity contribution is 5.97. The van der Waals surface area contributed by atoms with Crippen LogP contribution in [0.1, 0.15) is 58.8 Å². The predicted molar refractivity (Wildman–Crippen MR) is 92.9 cm³/mol. The molecule has 128 valence electrons. The molecular weight excluding hydrogens is 290 g/mol. The van der Waals surface area contributed by atoms with Crippen LogP contribution in [0.4, 0.5) is 5.69 Å². The molecule has 1 fully saturated rings. The first-order valence-corrected chi connectivity index (χ1v) is 8.73. The van der Waals surface area contributed by atoms with Crippen LogP contribution in [0.5, 0.6) is 5.75 Å². The fourth-order valence-corrected chi connectivity index (χ4v) is 3.00. The number of rotatable bonds is 6. The zero-order chi connectivity index (χ0) is 16.7. The molecule has 1 unspecified atom stereocenters. The summed E-state index contributed by atoms with van der Waals surface area (Å²) in [4.78, 5) is 12.7. The van der Waals surface area contributed by atoms with Crippen molar-refractivity contribution in [3.8, 4) is 5.75 Å². The summed E-state index contributed by atoms with van der Waals surface area (Å²) in [7, 11) is 1.65. The van der Waals surface area contributed by atoms with Gasteiger partial charge in [-0.05, 0) is 50.5 Å². The molecule has 1 aromatic carbocycles. The van der Waals surface area contributed by atoms with Crippen LogP contribution in [0.15, 0.2) is 24.3 Å². The second-order valence-corrected chi connectivity index (χ2v) is 6.43. The third-order valence-corrected chi connectivity index (χ3v) is 4.74. The number of ether oxygens (including phenoxy) is 2. The van der Waals surface area contributed by atoms with Gasteiger partial charge in [-0.25, -0.2) is 0 Å². The van der Waals surface area contributed by atoms with Crippen molar-refractivity contribution in [1.82, 2.24) is 0 Å². The maximum atomic E-state index is 12.7. The lowest BCUT2D eigenvalue weighted by Gasteiger charge is -2.29. The summed E-state index contributed by atoms with van der Waals surface area (Å²) in [5.41, 5.74) is 0.106. The quantitative estimate of drug-likeness (QED) is 0.783. The minimum atomic E-state index is -0.678. The number of carbonyl (C=O) groups is 1. The molecule has 0 spiro atoms.